The van der Waals surface area contributed by atoms with E-state index in [9.17, 15) is 4.39 Å². The molecule has 19 heavy (non-hydrogen) atoms. The summed E-state index contributed by atoms with van der Waals surface area (Å²) < 4.78 is 18.9. The van der Waals surface area contributed by atoms with Crippen molar-refractivity contribution < 1.29 is 9.13 Å². The molecule has 2 heterocycles. The van der Waals surface area contributed by atoms with Crippen molar-refractivity contribution in [3.8, 4) is 0 Å². The lowest BCUT2D eigenvalue weighted by Gasteiger charge is -2.26. The quantitative estimate of drug-likeness (QED) is 0.886. The molecule has 2 aromatic rings. The molecule has 3 N–H and O–H groups in total. The maximum atomic E-state index is 13.0. The summed E-state index contributed by atoms with van der Waals surface area (Å²) in [6.45, 7) is 1.87. The molecule has 1 aromatic carbocycles. The van der Waals surface area contributed by atoms with Gasteiger partial charge >= 0.3 is 0 Å². The molecule has 0 bridgehead atoms. The van der Waals surface area contributed by atoms with Gasteiger partial charge in [0, 0.05) is 16.5 Å². The van der Waals surface area contributed by atoms with Crippen LogP contribution < -0.4 is 11.1 Å². The zero-order valence-electron chi connectivity index (χ0n) is 10.3. The van der Waals surface area contributed by atoms with Gasteiger partial charge in [0.15, 0.2) is 5.76 Å². The average molecular weight is 276 g/mol. The maximum Gasteiger partial charge on any atom is 0.205 e. The Hall–Kier alpha value is -2.01. The summed E-state index contributed by atoms with van der Waals surface area (Å²) >= 11 is 1.58. The molecule has 0 amide bonds. The number of nitrogens with one attached hydrogen (secondary N) is 1. The van der Waals surface area contributed by atoms with Gasteiger partial charge in [0.25, 0.3) is 0 Å². The van der Waals surface area contributed by atoms with Gasteiger partial charge in [-0.2, -0.15) is 11.3 Å². The minimum Gasteiger partial charge on any atom is -0.460 e. The molecule has 0 aliphatic carbocycles. The predicted octanol–water partition coefficient (Wildman–Crippen LogP) is 2.96. The van der Waals surface area contributed by atoms with Gasteiger partial charge < -0.3 is 15.8 Å². The molecule has 0 saturated carbocycles. The van der Waals surface area contributed by atoms with Crippen molar-refractivity contribution in [3.05, 3.63) is 63.9 Å². The normalized spacial score (nSPS) is 22.2. The van der Waals surface area contributed by atoms with Gasteiger partial charge in [0.1, 0.15) is 11.6 Å². The smallest absolute Gasteiger partial charge is 0.205 e. The van der Waals surface area contributed by atoms with E-state index in [0.29, 0.717) is 11.6 Å². The second-order valence-corrected chi connectivity index (χ2v) is 5.30. The Labute approximate surface area is 114 Å². The molecule has 0 saturated heterocycles. The molecular weight excluding hydrogens is 263 g/mol. The van der Waals surface area contributed by atoms with E-state index in [2.05, 4.69) is 5.32 Å². The van der Waals surface area contributed by atoms with Crippen LogP contribution in [-0.4, -0.2) is 0 Å². The number of thiophene rings is 1. The first-order valence-corrected chi connectivity index (χ1v) is 6.78. The molecule has 3 nitrogen and oxygen atoms in total. The van der Waals surface area contributed by atoms with Crippen LogP contribution in [0.4, 0.5) is 4.39 Å². The summed E-state index contributed by atoms with van der Waals surface area (Å²) in [4.78, 5) is 0. The highest BCUT2D eigenvalue weighted by atomic mass is 32.1. The molecule has 5 heteroatoms. The Bertz CT molecular complexity index is 621. The third kappa shape index (κ3) is 2.06. The van der Waals surface area contributed by atoms with Crippen LogP contribution in [0.3, 0.4) is 0 Å². The van der Waals surface area contributed by atoms with Crippen molar-refractivity contribution in [2.75, 3.05) is 0 Å². The molecule has 1 aliphatic rings. The molecule has 3 rings (SSSR count). The van der Waals surface area contributed by atoms with E-state index >= 15 is 0 Å². The van der Waals surface area contributed by atoms with Crippen molar-refractivity contribution in [1.29, 1.82) is 0 Å². The minimum absolute atomic E-state index is 0.274. The Morgan fingerprint density at radius 1 is 1.26 bits per heavy atom. The number of halogens is 1. The largest absolute Gasteiger partial charge is 0.460 e. The second-order valence-electron chi connectivity index (χ2n) is 4.52. The Morgan fingerprint density at radius 2 is 2.00 bits per heavy atom. The van der Waals surface area contributed by atoms with Crippen molar-refractivity contribution >= 4 is 17.1 Å². The first kappa shape index (κ1) is 12.0. The molecule has 1 atom stereocenters. The van der Waals surface area contributed by atoms with Crippen LogP contribution in [0.25, 0.3) is 5.76 Å². The van der Waals surface area contributed by atoms with Crippen molar-refractivity contribution in [1.82, 2.24) is 5.32 Å². The fourth-order valence-electron chi connectivity index (χ4n) is 2.11. The number of hydrogen-bond acceptors (Lipinski definition) is 4. The number of hydrogen-bond donors (Lipinski definition) is 2. The number of ether oxygens (including phenoxy) is 1. The summed E-state index contributed by atoms with van der Waals surface area (Å²) in [6.07, 6.45) is 0. The number of nitrogens with two attached hydrogens (primary N) is 1. The highest BCUT2D eigenvalue weighted by Crippen LogP contribution is 2.36. The molecule has 0 radical (unpaired) electrons. The van der Waals surface area contributed by atoms with Crippen LogP contribution in [0.2, 0.25) is 0 Å². The second kappa shape index (κ2) is 4.28. The summed E-state index contributed by atoms with van der Waals surface area (Å²) in [5.74, 6) is 0.850. The Balaban J connectivity index is 1.92. The SMILES string of the molecule is CC1(c2ccc(F)cc2)NC(N)=C(c2ccsc2)O1. The van der Waals surface area contributed by atoms with Crippen LogP contribution in [0.15, 0.2) is 46.9 Å². The van der Waals surface area contributed by atoms with Crippen LogP contribution in [0, 0.1) is 5.82 Å². The molecule has 1 aromatic heterocycles. The minimum atomic E-state index is -0.769. The first-order chi connectivity index (χ1) is 9.08. The third-order valence-corrected chi connectivity index (χ3v) is 3.79. The topological polar surface area (TPSA) is 47.3 Å². The van der Waals surface area contributed by atoms with Gasteiger partial charge in [0.2, 0.25) is 5.72 Å². The van der Waals surface area contributed by atoms with E-state index in [1.807, 2.05) is 23.8 Å². The third-order valence-electron chi connectivity index (χ3n) is 3.10. The summed E-state index contributed by atoms with van der Waals surface area (Å²) in [5, 5.41) is 7.06. The maximum absolute atomic E-state index is 13.0. The lowest BCUT2D eigenvalue weighted by molar-refractivity contribution is 0.0544. The van der Waals surface area contributed by atoms with E-state index in [1.165, 1.54) is 12.1 Å². The molecular formula is C14H13FN2OS. The lowest BCUT2D eigenvalue weighted by Crippen LogP contribution is -2.37. The zero-order chi connectivity index (χ0) is 13.5. The van der Waals surface area contributed by atoms with E-state index < -0.39 is 5.72 Å². The molecule has 1 aliphatic heterocycles. The molecule has 0 spiro atoms. The predicted molar refractivity (Wildman–Crippen MR) is 73.4 cm³/mol. The number of benzene rings is 1. The van der Waals surface area contributed by atoms with Gasteiger partial charge in [-0.15, -0.1) is 0 Å². The van der Waals surface area contributed by atoms with Crippen molar-refractivity contribution in [3.63, 3.8) is 0 Å². The van der Waals surface area contributed by atoms with Crippen LogP contribution >= 0.6 is 11.3 Å². The van der Waals surface area contributed by atoms with Gasteiger partial charge in [-0.25, -0.2) is 4.39 Å². The average Bonchev–Trinajstić information content (AvgIpc) is 2.98. The van der Waals surface area contributed by atoms with Gasteiger partial charge in [-0.3, -0.25) is 0 Å². The van der Waals surface area contributed by atoms with Crippen LogP contribution in [-0.2, 0) is 10.5 Å². The Morgan fingerprint density at radius 3 is 2.63 bits per heavy atom. The summed E-state index contributed by atoms with van der Waals surface area (Å²) in [5.41, 5.74) is 6.98. The molecule has 0 fully saturated rings. The van der Waals surface area contributed by atoms with Gasteiger partial charge in [0.05, 0.1) is 0 Å². The highest BCUT2D eigenvalue weighted by molar-refractivity contribution is 7.08. The van der Waals surface area contributed by atoms with Gasteiger partial charge in [-0.1, -0.05) is 12.1 Å². The highest BCUT2D eigenvalue weighted by Gasteiger charge is 2.37. The van der Waals surface area contributed by atoms with E-state index in [4.69, 9.17) is 10.5 Å². The summed E-state index contributed by atoms with van der Waals surface area (Å²) in [7, 11) is 0. The van der Waals surface area contributed by atoms with E-state index in [0.717, 1.165) is 11.1 Å². The van der Waals surface area contributed by atoms with Gasteiger partial charge in [-0.05, 0) is 30.5 Å². The monoisotopic (exact) mass is 276 g/mol. The summed E-state index contributed by atoms with van der Waals surface area (Å²) in [6, 6.07) is 8.14. The fraction of sp³-hybridized carbons (Fsp3) is 0.143. The van der Waals surface area contributed by atoms with Crippen molar-refractivity contribution in [2.45, 2.75) is 12.6 Å². The lowest BCUT2D eigenvalue weighted by atomic mass is 10.1. The zero-order valence-corrected chi connectivity index (χ0v) is 11.1. The number of rotatable bonds is 2. The van der Waals surface area contributed by atoms with E-state index in [-0.39, 0.29) is 5.82 Å². The standard InChI is InChI=1S/C14H13FN2OS/c1-14(10-2-4-11(15)5-3-10)17-13(16)12(18-14)9-6-7-19-8-9/h2-8,17H,16H2,1H3. The van der Waals surface area contributed by atoms with Crippen molar-refractivity contribution in [2.24, 2.45) is 5.73 Å². The Kier molecular flexibility index (Phi) is 2.71. The van der Waals surface area contributed by atoms with Crippen LogP contribution in [0.5, 0.6) is 0 Å². The fourth-order valence-corrected chi connectivity index (χ4v) is 2.74. The van der Waals surface area contributed by atoms with Crippen LogP contribution in [0.1, 0.15) is 18.1 Å². The first-order valence-electron chi connectivity index (χ1n) is 5.84. The molecule has 98 valence electrons. The van der Waals surface area contributed by atoms with E-state index in [1.54, 1.807) is 23.5 Å². The molecule has 1 unspecified atom stereocenters.